The Bertz CT molecular complexity index is 521. The molecule has 1 atom stereocenters. The van der Waals surface area contributed by atoms with Crippen LogP contribution in [0, 0.1) is 17.6 Å². The molecule has 0 aromatic heterocycles. The Morgan fingerprint density at radius 1 is 1.24 bits per heavy atom. The van der Waals surface area contributed by atoms with Gasteiger partial charge in [-0.15, -0.1) is 0 Å². The van der Waals surface area contributed by atoms with Gasteiger partial charge in [-0.3, -0.25) is 0 Å². The van der Waals surface area contributed by atoms with Gasteiger partial charge < -0.3 is 15.7 Å². The minimum absolute atomic E-state index is 0.0307. The van der Waals surface area contributed by atoms with Gasteiger partial charge in [-0.05, 0) is 30.0 Å². The molecule has 116 valence electrons. The molecule has 2 amide bonds. The molecule has 7 heteroatoms. The second-order valence-corrected chi connectivity index (χ2v) is 5.10. The first-order valence-corrected chi connectivity index (χ1v) is 6.50. The standard InChI is InChI=1S/C14H18F2N2O3/c1-8(2)5-12(13(19)20)18-14(21)17-7-9-3-4-10(15)11(16)6-9/h3-4,6,8,12H,5,7H2,1-2H3,(H,19,20)(H2,17,18,21)/t12-/m0/s1. The minimum Gasteiger partial charge on any atom is -0.480 e. The van der Waals surface area contributed by atoms with E-state index in [9.17, 15) is 18.4 Å². The van der Waals surface area contributed by atoms with Gasteiger partial charge in [0.2, 0.25) is 0 Å². The molecule has 0 saturated heterocycles. The average Bonchev–Trinajstić information content (AvgIpc) is 2.38. The Hall–Kier alpha value is -2.18. The maximum absolute atomic E-state index is 13.0. The van der Waals surface area contributed by atoms with E-state index >= 15 is 0 Å². The smallest absolute Gasteiger partial charge is 0.326 e. The molecule has 0 saturated carbocycles. The molecule has 0 radical (unpaired) electrons. The summed E-state index contributed by atoms with van der Waals surface area (Å²) >= 11 is 0. The zero-order valence-electron chi connectivity index (χ0n) is 11.8. The van der Waals surface area contributed by atoms with Gasteiger partial charge in [0.1, 0.15) is 6.04 Å². The van der Waals surface area contributed by atoms with Crippen LogP contribution in [-0.2, 0) is 11.3 Å². The van der Waals surface area contributed by atoms with Crippen LogP contribution < -0.4 is 10.6 Å². The van der Waals surface area contributed by atoms with Crippen LogP contribution in [0.1, 0.15) is 25.8 Å². The fourth-order valence-corrected chi connectivity index (χ4v) is 1.73. The second kappa shape index (κ2) is 7.56. The van der Waals surface area contributed by atoms with E-state index in [1.807, 2.05) is 13.8 Å². The Morgan fingerprint density at radius 3 is 2.43 bits per heavy atom. The van der Waals surface area contributed by atoms with Gasteiger partial charge in [-0.1, -0.05) is 19.9 Å². The highest BCUT2D eigenvalue weighted by atomic mass is 19.2. The summed E-state index contributed by atoms with van der Waals surface area (Å²) in [6, 6.07) is 1.60. The summed E-state index contributed by atoms with van der Waals surface area (Å²) in [5, 5.41) is 13.7. The number of benzene rings is 1. The van der Waals surface area contributed by atoms with Crippen LogP contribution in [0.3, 0.4) is 0 Å². The molecular weight excluding hydrogens is 282 g/mol. The van der Waals surface area contributed by atoms with Crippen molar-refractivity contribution >= 4 is 12.0 Å². The topological polar surface area (TPSA) is 78.4 Å². The molecule has 0 aliphatic carbocycles. The molecule has 0 bridgehead atoms. The average molecular weight is 300 g/mol. The lowest BCUT2D eigenvalue weighted by Gasteiger charge is -2.17. The van der Waals surface area contributed by atoms with Crippen LogP contribution in [0.25, 0.3) is 0 Å². The summed E-state index contributed by atoms with van der Waals surface area (Å²) in [6.45, 7) is 3.66. The van der Waals surface area contributed by atoms with Crippen LogP contribution in [0.5, 0.6) is 0 Å². The second-order valence-electron chi connectivity index (χ2n) is 5.10. The number of halogens is 2. The lowest BCUT2D eigenvalue weighted by molar-refractivity contribution is -0.139. The number of carbonyl (C=O) groups is 2. The molecule has 0 spiro atoms. The van der Waals surface area contributed by atoms with Crippen molar-refractivity contribution in [1.29, 1.82) is 0 Å². The number of carboxylic acids is 1. The summed E-state index contributed by atoms with van der Waals surface area (Å²) in [5.74, 6) is -2.98. The highest BCUT2D eigenvalue weighted by molar-refractivity contribution is 5.82. The quantitative estimate of drug-likeness (QED) is 0.754. The largest absolute Gasteiger partial charge is 0.480 e. The van der Waals surface area contributed by atoms with E-state index in [1.54, 1.807) is 0 Å². The number of hydrogen-bond acceptors (Lipinski definition) is 2. The van der Waals surface area contributed by atoms with E-state index < -0.39 is 29.7 Å². The summed E-state index contributed by atoms with van der Waals surface area (Å²) in [5.41, 5.74) is 0.375. The number of hydrogen-bond donors (Lipinski definition) is 3. The van der Waals surface area contributed by atoms with E-state index in [4.69, 9.17) is 5.11 Å². The predicted molar refractivity (Wildman–Crippen MR) is 72.6 cm³/mol. The summed E-state index contributed by atoms with van der Waals surface area (Å²) in [6.07, 6.45) is 0.300. The van der Waals surface area contributed by atoms with Crippen LogP contribution in [0.4, 0.5) is 13.6 Å². The molecule has 0 aliphatic heterocycles. The normalized spacial score (nSPS) is 12.0. The summed E-state index contributed by atoms with van der Waals surface area (Å²) < 4.78 is 25.7. The number of carbonyl (C=O) groups excluding carboxylic acids is 1. The van der Waals surface area contributed by atoms with Crippen molar-refractivity contribution in [2.45, 2.75) is 32.9 Å². The molecular formula is C14H18F2N2O3. The zero-order chi connectivity index (χ0) is 16.0. The van der Waals surface area contributed by atoms with Crippen LogP contribution in [-0.4, -0.2) is 23.1 Å². The summed E-state index contributed by atoms with van der Waals surface area (Å²) in [4.78, 5) is 22.6. The number of rotatable bonds is 6. The lowest BCUT2D eigenvalue weighted by atomic mass is 10.0. The number of aliphatic carboxylic acids is 1. The van der Waals surface area contributed by atoms with Crippen molar-refractivity contribution < 1.29 is 23.5 Å². The van der Waals surface area contributed by atoms with Crippen molar-refractivity contribution in [3.63, 3.8) is 0 Å². The van der Waals surface area contributed by atoms with Crippen LogP contribution in [0.15, 0.2) is 18.2 Å². The Morgan fingerprint density at radius 2 is 1.90 bits per heavy atom. The van der Waals surface area contributed by atoms with E-state index in [1.165, 1.54) is 6.07 Å². The lowest BCUT2D eigenvalue weighted by Crippen LogP contribution is -2.46. The SMILES string of the molecule is CC(C)C[C@H](NC(=O)NCc1ccc(F)c(F)c1)C(=O)O. The monoisotopic (exact) mass is 300 g/mol. The van der Waals surface area contributed by atoms with Crippen molar-refractivity contribution in [1.82, 2.24) is 10.6 Å². The fourth-order valence-electron chi connectivity index (χ4n) is 1.73. The number of carboxylic acid groups (broad SMARTS) is 1. The number of amides is 2. The van der Waals surface area contributed by atoms with E-state index in [0.717, 1.165) is 12.1 Å². The number of urea groups is 1. The van der Waals surface area contributed by atoms with E-state index in [0.29, 0.717) is 12.0 Å². The molecule has 21 heavy (non-hydrogen) atoms. The number of nitrogens with one attached hydrogen (secondary N) is 2. The Kier molecular flexibility index (Phi) is 6.08. The molecule has 0 aliphatic rings. The van der Waals surface area contributed by atoms with Gasteiger partial charge in [0.25, 0.3) is 0 Å². The molecule has 1 aromatic rings. The van der Waals surface area contributed by atoms with Crippen molar-refractivity contribution in [2.24, 2.45) is 5.92 Å². The van der Waals surface area contributed by atoms with Crippen LogP contribution in [0.2, 0.25) is 0 Å². The maximum Gasteiger partial charge on any atom is 0.326 e. The van der Waals surface area contributed by atoms with Crippen molar-refractivity contribution in [3.05, 3.63) is 35.4 Å². The van der Waals surface area contributed by atoms with E-state index in [-0.39, 0.29) is 12.5 Å². The van der Waals surface area contributed by atoms with Gasteiger partial charge in [0, 0.05) is 6.54 Å². The maximum atomic E-state index is 13.0. The van der Waals surface area contributed by atoms with Gasteiger partial charge >= 0.3 is 12.0 Å². The molecule has 1 aromatic carbocycles. The van der Waals surface area contributed by atoms with Crippen LogP contribution >= 0.6 is 0 Å². The third-order valence-electron chi connectivity index (χ3n) is 2.75. The van der Waals surface area contributed by atoms with Gasteiger partial charge in [-0.2, -0.15) is 0 Å². The first-order valence-electron chi connectivity index (χ1n) is 6.50. The first-order chi connectivity index (χ1) is 9.79. The van der Waals surface area contributed by atoms with Gasteiger partial charge in [-0.25, -0.2) is 18.4 Å². The molecule has 3 N–H and O–H groups in total. The Balaban J connectivity index is 2.52. The zero-order valence-corrected chi connectivity index (χ0v) is 11.8. The minimum atomic E-state index is -1.12. The molecule has 5 nitrogen and oxygen atoms in total. The summed E-state index contributed by atoms with van der Waals surface area (Å²) in [7, 11) is 0. The third-order valence-corrected chi connectivity index (χ3v) is 2.75. The van der Waals surface area contributed by atoms with Gasteiger partial charge in [0.15, 0.2) is 11.6 Å². The molecule has 0 fully saturated rings. The first kappa shape index (κ1) is 16.9. The van der Waals surface area contributed by atoms with Crippen molar-refractivity contribution in [3.8, 4) is 0 Å². The highest BCUT2D eigenvalue weighted by Crippen LogP contribution is 2.08. The van der Waals surface area contributed by atoms with Gasteiger partial charge in [0.05, 0.1) is 0 Å². The van der Waals surface area contributed by atoms with Crippen molar-refractivity contribution in [2.75, 3.05) is 0 Å². The Labute approximate surface area is 121 Å². The fraction of sp³-hybridized carbons (Fsp3) is 0.429. The molecule has 1 rings (SSSR count). The highest BCUT2D eigenvalue weighted by Gasteiger charge is 2.20. The molecule has 0 heterocycles. The predicted octanol–water partition coefficient (Wildman–Crippen LogP) is 2.26. The molecule has 0 unspecified atom stereocenters. The van der Waals surface area contributed by atoms with E-state index in [2.05, 4.69) is 10.6 Å². The third kappa shape index (κ3) is 5.76.